The van der Waals surface area contributed by atoms with Gasteiger partial charge >= 0.3 is 48.7 Å². The molecular formula is C56H64ClF3LiN5O16. The molecule has 0 spiro atoms. The Labute approximate surface area is 488 Å². The number of nitrogens with one attached hydrogen (secondary N) is 2. The number of rotatable bonds is 15. The van der Waals surface area contributed by atoms with Gasteiger partial charge in [0.2, 0.25) is 23.0 Å². The van der Waals surface area contributed by atoms with E-state index >= 15 is 0 Å². The van der Waals surface area contributed by atoms with Crippen LogP contribution < -0.4 is 44.2 Å². The summed E-state index contributed by atoms with van der Waals surface area (Å²) in [7, 11) is 9.20. The first-order valence-electron chi connectivity index (χ1n) is 23.8. The van der Waals surface area contributed by atoms with Crippen LogP contribution in [0.3, 0.4) is 0 Å². The van der Waals surface area contributed by atoms with E-state index in [1.54, 1.807) is 62.6 Å². The number of carboxylic acids is 4. The summed E-state index contributed by atoms with van der Waals surface area (Å²) in [4.78, 5) is 111. The Bertz CT molecular complexity index is 2810. The maximum atomic E-state index is 13.3. The molecule has 7 N–H and O–H groups in total. The third-order valence-electron chi connectivity index (χ3n) is 11.2. The molecule has 0 aromatic heterocycles. The van der Waals surface area contributed by atoms with Gasteiger partial charge in [-0.15, -0.1) is 0 Å². The number of anilines is 5. The van der Waals surface area contributed by atoms with Gasteiger partial charge in [0, 0.05) is 46.6 Å². The number of hydrogen-bond donors (Lipinski definition) is 6. The molecule has 0 heterocycles. The number of ketones is 1. The van der Waals surface area contributed by atoms with Crippen LogP contribution in [-0.2, 0) is 52.7 Å². The molecule has 2 aliphatic rings. The first-order chi connectivity index (χ1) is 37.6. The summed E-state index contributed by atoms with van der Waals surface area (Å²) in [5.41, 5.74) is 0.0995. The second-order valence-corrected chi connectivity index (χ2v) is 17.4. The fourth-order valence-corrected chi connectivity index (χ4v) is 6.24. The van der Waals surface area contributed by atoms with Gasteiger partial charge in [-0.1, -0.05) is 72.8 Å². The van der Waals surface area contributed by atoms with Gasteiger partial charge in [-0.05, 0) is 105 Å². The van der Waals surface area contributed by atoms with Crippen molar-refractivity contribution in [2.75, 3.05) is 67.7 Å². The molecule has 0 atom stereocenters. The van der Waals surface area contributed by atoms with Gasteiger partial charge in [-0.3, -0.25) is 47.9 Å². The van der Waals surface area contributed by atoms with Gasteiger partial charge in [0.05, 0.1) is 30.6 Å². The Kier molecular flexibility index (Phi) is 35.1. The first kappa shape index (κ1) is 75.5. The zero-order valence-electron chi connectivity index (χ0n) is 46.2. The van der Waals surface area contributed by atoms with E-state index in [4.69, 9.17) is 32.0 Å². The van der Waals surface area contributed by atoms with Crippen molar-refractivity contribution in [2.24, 2.45) is 10.8 Å². The SMILES string of the molecule is CC(=O)CC(=O)N(C)c1ccccc1F.CN(C(=O)C1(C(=O)O)CC1)c1ccccc1.CN(C(=O)CC(=O)O)c1ccccc1F.CNc1ccccc1.CNc1ccccc1F.COC(=O)CC(=O)Cl.O=C(O)C1(C(=O)O)CC1.[Li+].[OH-]. The molecule has 2 fully saturated rings. The number of aliphatic carboxylic acids is 4. The molecule has 0 radical (unpaired) electrons. The fraction of sp³-hybridized carbons (Fsp3) is 0.286. The van der Waals surface area contributed by atoms with Gasteiger partial charge in [-0.25, -0.2) is 13.2 Å². The maximum Gasteiger partial charge on any atom is 1.00 e. The number of para-hydroxylation sites is 5. The quantitative estimate of drug-likeness (QED) is 0.0339. The average molecular weight is 1160 g/mol. The van der Waals surface area contributed by atoms with Crippen molar-refractivity contribution in [3.8, 4) is 0 Å². The number of nitrogens with zero attached hydrogens (tertiary/aromatic N) is 3. The van der Waals surface area contributed by atoms with Crippen LogP contribution in [0.4, 0.5) is 41.6 Å². The topological polar surface area (TPSA) is 325 Å². The van der Waals surface area contributed by atoms with Crippen LogP contribution in [-0.4, -0.2) is 127 Å². The zero-order chi connectivity index (χ0) is 60.8. The van der Waals surface area contributed by atoms with Gasteiger partial charge in [0.15, 0.2) is 5.41 Å². The summed E-state index contributed by atoms with van der Waals surface area (Å²) in [6.07, 6.45) is 0.236. The molecule has 2 saturated carbocycles. The van der Waals surface area contributed by atoms with Crippen LogP contribution in [0.25, 0.3) is 0 Å². The Morgan fingerprint density at radius 3 is 1.20 bits per heavy atom. The number of benzene rings is 5. The first-order valence-corrected chi connectivity index (χ1v) is 24.2. The molecule has 0 bridgehead atoms. The number of Topliss-reactive ketones (excluding diaryl/α,β-unsaturated/α-hetero) is 1. The number of carbonyl (C=O) groups is 10. The van der Waals surface area contributed by atoms with Gasteiger partial charge < -0.3 is 56.0 Å². The minimum absolute atomic E-state index is 0. The predicted molar refractivity (Wildman–Crippen MR) is 295 cm³/mol. The second kappa shape index (κ2) is 38.1. The van der Waals surface area contributed by atoms with E-state index in [1.165, 1.54) is 69.4 Å². The van der Waals surface area contributed by atoms with Crippen molar-refractivity contribution in [2.45, 2.75) is 51.9 Å². The van der Waals surface area contributed by atoms with Crippen LogP contribution in [0.2, 0.25) is 0 Å². The summed E-state index contributed by atoms with van der Waals surface area (Å²) >= 11 is 4.81. The Morgan fingerprint density at radius 2 is 0.915 bits per heavy atom. The number of hydrogen-bond acceptors (Lipinski definition) is 14. The summed E-state index contributed by atoms with van der Waals surface area (Å²) in [6.45, 7) is 1.33. The molecule has 26 heteroatoms. The van der Waals surface area contributed by atoms with E-state index in [2.05, 4.69) is 15.4 Å². The molecule has 0 saturated heterocycles. The number of methoxy groups -OCH3 is 1. The molecule has 21 nitrogen and oxygen atoms in total. The van der Waals surface area contributed by atoms with E-state index < -0.39 is 75.8 Å². The van der Waals surface area contributed by atoms with E-state index in [1.807, 2.05) is 55.6 Å². The number of carbonyl (C=O) groups excluding carboxylic acids is 6. The van der Waals surface area contributed by atoms with Crippen LogP contribution in [0.5, 0.6) is 0 Å². The van der Waals surface area contributed by atoms with Crippen molar-refractivity contribution in [1.82, 2.24) is 0 Å². The third-order valence-corrected chi connectivity index (χ3v) is 11.3. The number of amides is 3. The molecule has 0 aliphatic heterocycles. The number of ether oxygens (including phenoxy) is 1. The van der Waals surface area contributed by atoms with Crippen LogP contribution in [0, 0.1) is 28.3 Å². The molecule has 7 rings (SSSR count). The maximum absolute atomic E-state index is 13.3. The van der Waals surface area contributed by atoms with Crippen molar-refractivity contribution < 1.29 is 111 Å². The standard InChI is InChI=1S/C12H13NO3.C11H12FNO2.C10H10FNO3.C7H8FN.C7H9N.C5H6O4.C4H5ClO3.Li.H2O/c1-13(9-5-3-2-4-6-9)10(14)12(7-8-12)11(15)16;1-8(14)7-11(15)13(2)10-6-4-3-5-9(10)12;1-12(9(13)6-10(14)15)8-5-3-2-4-7(8)11;1-9-7-5-3-2-4-6(7)8;1-8-7-5-3-2-4-6-7;6-3(7)5(1-2-5)4(8)9;1-8-4(7)2-3(5)6;;/h2-6H,7-8H2,1H3,(H,15,16);3-6H,7H2,1-2H3;2-5H,6H2,1H3,(H,14,15);2-5,9H,1H3;2-6,8H,1H3;1-2H2,(H,6,7)(H,8,9);2H2,1H3;;1H2/q;;;;;;;+1;/p-1. The van der Waals surface area contributed by atoms with E-state index in [-0.39, 0.29) is 78.9 Å². The third kappa shape index (κ3) is 26.1. The van der Waals surface area contributed by atoms with Crippen molar-refractivity contribution in [3.63, 3.8) is 0 Å². The van der Waals surface area contributed by atoms with Crippen LogP contribution in [0.1, 0.15) is 51.9 Å². The normalized spacial score (nSPS) is 11.7. The van der Waals surface area contributed by atoms with Gasteiger partial charge in [0.25, 0.3) is 0 Å². The molecule has 82 heavy (non-hydrogen) atoms. The van der Waals surface area contributed by atoms with E-state index in [0.717, 1.165) is 21.2 Å². The smallest absolute Gasteiger partial charge is 0.870 e. The van der Waals surface area contributed by atoms with Crippen molar-refractivity contribution in [1.29, 1.82) is 0 Å². The minimum Gasteiger partial charge on any atom is -0.870 e. The summed E-state index contributed by atoms with van der Waals surface area (Å²) in [5, 5.41) is 39.1. The molecule has 2 aliphatic carbocycles. The molecule has 5 aromatic carbocycles. The monoisotopic (exact) mass is 1160 g/mol. The van der Waals surface area contributed by atoms with Gasteiger partial charge in [0.1, 0.15) is 41.5 Å². The van der Waals surface area contributed by atoms with Crippen LogP contribution in [0.15, 0.2) is 133 Å². The Balaban J connectivity index is 0. The van der Waals surface area contributed by atoms with Crippen molar-refractivity contribution >= 4 is 98.6 Å². The van der Waals surface area contributed by atoms with Crippen LogP contribution >= 0.6 is 11.6 Å². The van der Waals surface area contributed by atoms with Gasteiger partial charge in [-0.2, -0.15) is 0 Å². The summed E-state index contributed by atoms with van der Waals surface area (Å²) in [6, 6.07) is 37.3. The van der Waals surface area contributed by atoms with Crippen molar-refractivity contribution in [3.05, 3.63) is 151 Å². The number of esters is 1. The van der Waals surface area contributed by atoms with E-state index in [0.29, 0.717) is 18.5 Å². The molecule has 0 unspecified atom stereocenters. The number of halogens is 4. The Morgan fingerprint density at radius 1 is 0.537 bits per heavy atom. The minimum atomic E-state index is -1.42. The zero-order valence-corrected chi connectivity index (χ0v) is 47.0. The average Bonchev–Trinajstić information content (AvgIpc) is 4.49. The summed E-state index contributed by atoms with van der Waals surface area (Å²) in [5.74, 6) is -8.15. The Hall–Kier alpha value is -8.56. The largest absolute Gasteiger partial charge is 1.00 e. The molecule has 3 amide bonds. The predicted octanol–water partition coefficient (Wildman–Crippen LogP) is 5.22. The molecule has 5 aromatic rings. The second-order valence-electron chi connectivity index (χ2n) is 17.0. The fourth-order valence-electron chi connectivity index (χ4n) is 6.13. The van der Waals surface area contributed by atoms with E-state index in [9.17, 15) is 61.1 Å². The number of carboxylic acid groups (broad SMARTS) is 4. The molecule has 438 valence electrons. The molecular weight excluding hydrogens is 1100 g/mol. The summed E-state index contributed by atoms with van der Waals surface area (Å²) < 4.78 is 43.1.